The van der Waals surface area contributed by atoms with E-state index in [0.29, 0.717) is 5.92 Å². The molecule has 0 bridgehead atoms. The van der Waals surface area contributed by atoms with E-state index in [-0.39, 0.29) is 17.1 Å². The van der Waals surface area contributed by atoms with Crippen molar-refractivity contribution in [3.8, 4) is 5.75 Å². The van der Waals surface area contributed by atoms with Gasteiger partial charge in [-0.1, -0.05) is 0 Å². The van der Waals surface area contributed by atoms with Crippen LogP contribution in [0.2, 0.25) is 0 Å². The van der Waals surface area contributed by atoms with E-state index in [9.17, 15) is 18.0 Å². The molecule has 0 saturated heterocycles. The quantitative estimate of drug-likeness (QED) is 0.890. The first-order valence-electron chi connectivity index (χ1n) is 6.64. The van der Waals surface area contributed by atoms with Gasteiger partial charge in [-0.2, -0.15) is 13.9 Å². The molecule has 1 fully saturated rings. The van der Waals surface area contributed by atoms with Gasteiger partial charge in [0.15, 0.2) is 5.69 Å². The highest BCUT2D eigenvalue weighted by atomic mass is 19.3. The van der Waals surface area contributed by atoms with Gasteiger partial charge < -0.3 is 10.1 Å². The Morgan fingerprint density at radius 3 is 2.77 bits per heavy atom. The fraction of sp³-hybridized carbons (Fsp3) is 0.286. The Labute approximate surface area is 123 Å². The van der Waals surface area contributed by atoms with Crippen LogP contribution in [-0.4, -0.2) is 22.7 Å². The van der Waals surface area contributed by atoms with Crippen LogP contribution in [0.1, 0.15) is 34.9 Å². The van der Waals surface area contributed by atoms with Gasteiger partial charge >= 0.3 is 6.61 Å². The lowest BCUT2D eigenvalue weighted by atomic mass is 10.2. The molecule has 0 atom stereocenters. The van der Waals surface area contributed by atoms with Crippen LogP contribution in [0, 0.1) is 5.82 Å². The van der Waals surface area contributed by atoms with E-state index < -0.39 is 18.3 Å². The summed E-state index contributed by atoms with van der Waals surface area (Å²) in [6.45, 7) is -3.04. The molecule has 0 aliphatic heterocycles. The number of amides is 1. The summed E-state index contributed by atoms with van der Waals surface area (Å²) in [5.74, 6) is -1.35. The SMILES string of the molecule is O=C(Nc1ccc(OC(F)F)cc1F)c1cc(C2CC2)[nH]n1. The maximum Gasteiger partial charge on any atom is 0.387 e. The molecule has 2 aromatic rings. The van der Waals surface area contributed by atoms with Crippen LogP contribution >= 0.6 is 0 Å². The van der Waals surface area contributed by atoms with Crippen molar-refractivity contribution >= 4 is 11.6 Å². The summed E-state index contributed by atoms with van der Waals surface area (Å²) in [6, 6.07) is 4.70. The van der Waals surface area contributed by atoms with Crippen LogP contribution in [0.5, 0.6) is 5.75 Å². The number of rotatable bonds is 5. The minimum atomic E-state index is -3.04. The number of hydrogen-bond donors (Lipinski definition) is 2. The Morgan fingerprint density at radius 1 is 1.36 bits per heavy atom. The van der Waals surface area contributed by atoms with Crippen LogP contribution in [0.25, 0.3) is 0 Å². The lowest BCUT2D eigenvalue weighted by Crippen LogP contribution is -2.13. The van der Waals surface area contributed by atoms with E-state index in [4.69, 9.17) is 0 Å². The van der Waals surface area contributed by atoms with Gasteiger partial charge in [-0.3, -0.25) is 9.89 Å². The smallest absolute Gasteiger partial charge is 0.387 e. The van der Waals surface area contributed by atoms with Crippen molar-refractivity contribution < 1.29 is 22.7 Å². The summed E-state index contributed by atoms with van der Waals surface area (Å²) in [7, 11) is 0. The molecule has 0 spiro atoms. The summed E-state index contributed by atoms with van der Waals surface area (Å²) in [6.07, 6.45) is 2.12. The number of H-pyrrole nitrogens is 1. The predicted octanol–water partition coefficient (Wildman–Crippen LogP) is 3.28. The zero-order valence-corrected chi connectivity index (χ0v) is 11.3. The molecule has 1 heterocycles. The van der Waals surface area contributed by atoms with Crippen molar-refractivity contribution in [3.05, 3.63) is 41.5 Å². The number of carbonyl (C=O) groups is 1. The third kappa shape index (κ3) is 3.21. The van der Waals surface area contributed by atoms with Crippen LogP contribution in [0.4, 0.5) is 18.9 Å². The Kier molecular flexibility index (Phi) is 3.74. The number of nitrogens with zero attached hydrogens (tertiary/aromatic N) is 1. The van der Waals surface area contributed by atoms with E-state index in [1.54, 1.807) is 6.07 Å². The molecule has 1 saturated carbocycles. The Morgan fingerprint density at radius 2 is 2.14 bits per heavy atom. The van der Waals surface area contributed by atoms with E-state index in [1.165, 1.54) is 0 Å². The molecule has 0 unspecified atom stereocenters. The maximum atomic E-state index is 13.8. The summed E-state index contributed by atoms with van der Waals surface area (Å²) in [4.78, 5) is 12.0. The van der Waals surface area contributed by atoms with Crippen molar-refractivity contribution in [2.45, 2.75) is 25.4 Å². The molecule has 5 nitrogen and oxygen atoms in total. The second kappa shape index (κ2) is 5.70. The number of hydrogen-bond acceptors (Lipinski definition) is 3. The molecule has 3 rings (SSSR count). The van der Waals surface area contributed by atoms with Gasteiger partial charge in [0, 0.05) is 17.7 Å². The van der Waals surface area contributed by atoms with Crippen molar-refractivity contribution in [2.75, 3.05) is 5.32 Å². The first-order chi connectivity index (χ1) is 10.5. The van der Waals surface area contributed by atoms with Crippen LogP contribution in [-0.2, 0) is 0 Å². The van der Waals surface area contributed by atoms with Gasteiger partial charge in [-0.25, -0.2) is 4.39 Å². The van der Waals surface area contributed by atoms with Crippen LogP contribution in [0.3, 0.4) is 0 Å². The van der Waals surface area contributed by atoms with E-state index in [0.717, 1.165) is 36.7 Å². The molecule has 1 aliphatic carbocycles. The molecule has 2 N–H and O–H groups in total. The van der Waals surface area contributed by atoms with Gasteiger partial charge in [0.2, 0.25) is 0 Å². The lowest BCUT2D eigenvalue weighted by Gasteiger charge is -2.08. The third-order valence-corrected chi connectivity index (χ3v) is 3.26. The van der Waals surface area contributed by atoms with Crippen molar-refractivity contribution in [1.29, 1.82) is 0 Å². The lowest BCUT2D eigenvalue weighted by molar-refractivity contribution is -0.0499. The first-order valence-corrected chi connectivity index (χ1v) is 6.64. The maximum absolute atomic E-state index is 13.8. The largest absolute Gasteiger partial charge is 0.435 e. The molecule has 1 aliphatic rings. The number of ether oxygens (including phenoxy) is 1. The molecule has 116 valence electrons. The van der Waals surface area contributed by atoms with Crippen LogP contribution in [0.15, 0.2) is 24.3 Å². The highest BCUT2D eigenvalue weighted by molar-refractivity contribution is 6.03. The summed E-state index contributed by atoms with van der Waals surface area (Å²) >= 11 is 0. The van der Waals surface area contributed by atoms with Crippen molar-refractivity contribution in [3.63, 3.8) is 0 Å². The number of benzene rings is 1. The fourth-order valence-corrected chi connectivity index (χ4v) is 2.02. The highest BCUT2D eigenvalue weighted by Gasteiger charge is 2.26. The number of halogens is 3. The number of alkyl halides is 2. The molecule has 1 amide bonds. The van der Waals surface area contributed by atoms with Gasteiger partial charge in [0.05, 0.1) is 5.69 Å². The van der Waals surface area contributed by atoms with Gasteiger partial charge in [-0.15, -0.1) is 0 Å². The molecule has 1 aromatic heterocycles. The van der Waals surface area contributed by atoms with Crippen molar-refractivity contribution in [2.24, 2.45) is 0 Å². The highest BCUT2D eigenvalue weighted by Crippen LogP contribution is 2.39. The molecule has 0 radical (unpaired) electrons. The molecular weight excluding hydrogens is 299 g/mol. The Balaban J connectivity index is 1.69. The zero-order valence-electron chi connectivity index (χ0n) is 11.3. The van der Waals surface area contributed by atoms with E-state index in [1.807, 2.05) is 0 Å². The van der Waals surface area contributed by atoms with Gasteiger partial charge in [0.25, 0.3) is 5.91 Å². The normalized spacial score (nSPS) is 14.2. The Bertz CT molecular complexity index is 698. The molecular formula is C14H12F3N3O2. The van der Waals surface area contributed by atoms with E-state index >= 15 is 0 Å². The second-order valence-corrected chi connectivity index (χ2v) is 4.96. The zero-order chi connectivity index (χ0) is 15.7. The summed E-state index contributed by atoms with van der Waals surface area (Å²) < 4.78 is 41.9. The third-order valence-electron chi connectivity index (χ3n) is 3.26. The molecule has 1 aromatic carbocycles. The predicted molar refractivity (Wildman–Crippen MR) is 71.5 cm³/mol. The van der Waals surface area contributed by atoms with Crippen molar-refractivity contribution in [1.82, 2.24) is 10.2 Å². The average molecular weight is 311 g/mol. The number of anilines is 1. The average Bonchev–Trinajstić information content (AvgIpc) is 3.18. The number of aromatic amines is 1. The minimum absolute atomic E-state index is 0.136. The van der Waals surface area contributed by atoms with Gasteiger partial charge in [0.1, 0.15) is 11.6 Å². The summed E-state index contributed by atoms with van der Waals surface area (Å²) in [5, 5.41) is 8.99. The number of carbonyl (C=O) groups excluding carboxylic acids is 1. The topological polar surface area (TPSA) is 67.0 Å². The molecule has 8 heteroatoms. The Hall–Kier alpha value is -2.51. The van der Waals surface area contributed by atoms with Gasteiger partial charge in [-0.05, 0) is 31.0 Å². The van der Waals surface area contributed by atoms with Crippen LogP contribution < -0.4 is 10.1 Å². The summed E-state index contributed by atoms with van der Waals surface area (Å²) in [5.41, 5.74) is 0.892. The minimum Gasteiger partial charge on any atom is -0.435 e. The fourth-order valence-electron chi connectivity index (χ4n) is 2.02. The second-order valence-electron chi connectivity index (χ2n) is 4.96. The number of nitrogens with one attached hydrogen (secondary N) is 2. The standard InChI is InChI=1S/C14H12F3N3O2/c15-9-5-8(22-14(16)17)3-4-10(9)18-13(21)12-6-11(19-20-12)7-1-2-7/h3-7,14H,1-2H2,(H,18,21)(H,19,20). The van der Waals surface area contributed by atoms with E-state index in [2.05, 4.69) is 20.3 Å². The monoisotopic (exact) mass is 311 g/mol. The number of aromatic nitrogens is 2. The first kappa shape index (κ1) is 14.4. The molecule has 22 heavy (non-hydrogen) atoms.